The van der Waals surface area contributed by atoms with Crippen molar-refractivity contribution in [1.82, 2.24) is 25.6 Å². The molecule has 6 N–H and O–H groups in total. The molecular weight excluding hydrogens is 337 g/mol. The molecule has 0 aliphatic carbocycles. The zero-order chi connectivity index (χ0) is 15.9. The second-order valence-electron chi connectivity index (χ2n) is 3.93. The molecule has 0 aliphatic heterocycles. The first-order valence-electron chi connectivity index (χ1n) is 6.64. The van der Waals surface area contributed by atoms with Gasteiger partial charge in [-0.1, -0.05) is 0 Å². The van der Waals surface area contributed by atoms with Crippen LogP contribution in [-0.4, -0.2) is 54.2 Å². The van der Waals surface area contributed by atoms with Gasteiger partial charge in [-0.3, -0.25) is 0 Å². The fourth-order valence-electron chi connectivity index (χ4n) is 1.18. The monoisotopic (exact) mass is 357 g/mol. The summed E-state index contributed by atoms with van der Waals surface area (Å²) in [6.45, 7) is 5.63. The molecule has 0 spiro atoms. The summed E-state index contributed by atoms with van der Waals surface area (Å²) in [5, 5.41) is 6.58. The lowest BCUT2D eigenvalue weighted by Gasteiger charge is -2.04. The summed E-state index contributed by atoms with van der Waals surface area (Å²) in [5.41, 5.74) is 10.7. The molecule has 0 amide bonds. The van der Waals surface area contributed by atoms with Crippen molar-refractivity contribution in [3.05, 3.63) is 15.9 Å². The molecule has 0 aromatic carbocycles. The van der Waals surface area contributed by atoms with Gasteiger partial charge in [-0.05, 0) is 73.8 Å². The van der Waals surface area contributed by atoms with Gasteiger partial charge in [-0.25, -0.2) is 0 Å². The third-order valence-corrected chi connectivity index (χ3v) is 2.65. The predicted octanol–water partition coefficient (Wildman–Crippen LogP) is 0.695. The van der Waals surface area contributed by atoms with Crippen molar-refractivity contribution >= 4 is 34.8 Å². The van der Waals surface area contributed by atoms with Gasteiger partial charge in [-0.2, -0.15) is 15.0 Å². The first kappa shape index (κ1) is 20.7. The van der Waals surface area contributed by atoms with Gasteiger partial charge in [0.05, 0.1) is 0 Å². The number of hydrogen-bond acceptors (Lipinski definition) is 7. The van der Waals surface area contributed by atoms with Crippen LogP contribution in [0.15, 0.2) is 0 Å². The van der Waals surface area contributed by atoms with Gasteiger partial charge in [0.2, 0.25) is 15.9 Å². The lowest BCUT2D eigenvalue weighted by Crippen LogP contribution is -2.29. The molecule has 21 heavy (non-hydrogen) atoms. The Labute approximate surface area is 140 Å². The Hall–Kier alpha value is -0.280. The van der Waals surface area contributed by atoms with E-state index in [9.17, 15) is 0 Å². The van der Waals surface area contributed by atoms with Gasteiger partial charge in [0.25, 0.3) is 0 Å². The second kappa shape index (κ2) is 14.6. The van der Waals surface area contributed by atoms with Crippen molar-refractivity contribution in [2.45, 2.75) is 12.8 Å². The highest BCUT2D eigenvalue weighted by Crippen LogP contribution is 2.08. The van der Waals surface area contributed by atoms with Gasteiger partial charge in [0.15, 0.2) is 0 Å². The van der Waals surface area contributed by atoms with Crippen molar-refractivity contribution in [3.8, 4) is 0 Å². The highest BCUT2D eigenvalue weighted by molar-refractivity contribution is 6.33. The molecular formula is C11H22Cl3N7. The molecule has 7 nitrogen and oxygen atoms in total. The van der Waals surface area contributed by atoms with Crippen LogP contribution in [0, 0.1) is 0 Å². The third-order valence-electron chi connectivity index (χ3n) is 2.15. The van der Waals surface area contributed by atoms with E-state index in [-0.39, 0.29) is 15.9 Å². The van der Waals surface area contributed by atoms with Crippen molar-refractivity contribution in [1.29, 1.82) is 0 Å². The van der Waals surface area contributed by atoms with Crippen molar-refractivity contribution < 1.29 is 0 Å². The molecule has 0 atom stereocenters. The van der Waals surface area contributed by atoms with Crippen molar-refractivity contribution in [2.24, 2.45) is 11.5 Å². The van der Waals surface area contributed by atoms with E-state index in [1.165, 1.54) is 0 Å². The van der Waals surface area contributed by atoms with Crippen molar-refractivity contribution in [2.75, 3.05) is 39.3 Å². The van der Waals surface area contributed by atoms with Gasteiger partial charge < -0.3 is 22.1 Å². The molecule has 1 rings (SSSR count). The zero-order valence-electron chi connectivity index (χ0n) is 11.8. The van der Waals surface area contributed by atoms with Crippen LogP contribution in [0.2, 0.25) is 15.9 Å². The standard InChI is InChI=1S/C8H22N4.C3Cl3N3/c9-3-1-5-11-7-8-12-6-2-4-10;4-1-7-2(5)9-3(6)8-1/h11-12H,1-10H2;. The number of nitrogens with zero attached hydrogens (tertiary/aromatic N) is 3. The van der Waals surface area contributed by atoms with Gasteiger partial charge >= 0.3 is 0 Å². The van der Waals surface area contributed by atoms with Crippen LogP contribution < -0.4 is 22.1 Å². The fraction of sp³-hybridized carbons (Fsp3) is 0.727. The molecule has 0 bridgehead atoms. The van der Waals surface area contributed by atoms with Crippen LogP contribution in [0.3, 0.4) is 0 Å². The Morgan fingerprint density at radius 2 is 1.00 bits per heavy atom. The van der Waals surface area contributed by atoms with Gasteiger partial charge in [0, 0.05) is 13.1 Å². The highest BCUT2D eigenvalue weighted by Gasteiger charge is 1.97. The Bertz CT molecular complexity index is 307. The minimum absolute atomic E-state index is 0.000000000000000444. The molecule has 1 aromatic rings. The Morgan fingerprint density at radius 3 is 1.29 bits per heavy atom. The number of aromatic nitrogens is 3. The average molecular weight is 359 g/mol. The zero-order valence-corrected chi connectivity index (χ0v) is 14.1. The first-order chi connectivity index (χ1) is 10.1. The quantitative estimate of drug-likeness (QED) is 0.480. The van der Waals surface area contributed by atoms with E-state index in [0.717, 1.165) is 52.1 Å². The minimum Gasteiger partial charge on any atom is -0.330 e. The summed E-state index contributed by atoms with van der Waals surface area (Å²) in [7, 11) is 0. The van der Waals surface area contributed by atoms with E-state index in [2.05, 4.69) is 25.6 Å². The second-order valence-corrected chi connectivity index (χ2v) is 4.94. The maximum Gasteiger partial charge on any atom is 0.227 e. The van der Waals surface area contributed by atoms with Crippen LogP contribution in [-0.2, 0) is 0 Å². The first-order valence-corrected chi connectivity index (χ1v) is 7.77. The largest absolute Gasteiger partial charge is 0.330 e. The lowest BCUT2D eigenvalue weighted by atomic mass is 10.4. The molecule has 0 aliphatic rings. The fourth-order valence-corrected chi connectivity index (χ4v) is 1.79. The molecule has 0 saturated heterocycles. The number of halogens is 3. The topological polar surface area (TPSA) is 115 Å². The van der Waals surface area contributed by atoms with Gasteiger partial charge in [-0.15, -0.1) is 0 Å². The van der Waals surface area contributed by atoms with Crippen LogP contribution in [0.1, 0.15) is 12.8 Å². The van der Waals surface area contributed by atoms with Crippen molar-refractivity contribution in [3.63, 3.8) is 0 Å². The van der Waals surface area contributed by atoms with Crippen LogP contribution >= 0.6 is 34.8 Å². The summed E-state index contributed by atoms with van der Waals surface area (Å²) in [4.78, 5) is 10.4. The number of nitrogens with two attached hydrogens (primary N) is 2. The van der Waals surface area contributed by atoms with Crippen LogP contribution in [0.25, 0.3) is 0 Å². The third kappa shape index (κ3) is 14.4. The summed E-state index contributed by atoms with van der Waals surface area (Å²) in [5.74, 6) is 0. The molecule has 1 aromatic heterocycles. The van der Waals surface area contributed by atoms with E-state index >= 15 is 0 Å². The molecule has 1 heterocycles. The van der Waals surface area contributed by atoms with E-state index in [0.29, 0.717) is 0 Å². The smallest absolute Gasteiger partial charge is 0.227 e. The van der Waals surface area contributed by atoms with E-state index in [1.807, 2.05) is 0 Å². The van der Waals surface area contributed by atoms with Crippen LogP contribution in [0.5, 0.6) is 0 Å². The van der Waals surface area contributed by atoms with E-state index in [1.54, 1.807) is 0 Å². The van der Waals surface area contributed by atoms with Crippen LogP contribution in [0.4, 0.5) is 0 Å². The normalized spacial score (nSPS) is 10.1. The number of hydrogen-bond donors (Lipinski definition) is 4. The number of rotatable bonds is 9. The summed E-state index contributed by atoms with van der Waals surface area (Å²) in [6.07, 6.45) is 2.12. The van der Waals surface area contributed by atoms with E-state index < -0.39 is 0 Å². The average Bonchev–Trinajstić information content (AvgIpc) is 2.41. The maximum absolute atomic E-state index is 5.34. The minimum atomic E-state index is 0.000000000000000444. The molecule has 0 fully saturated rings. The maximum atomic E-state index is 5.34. The predicted molar refractivity (Wildman–Crippen MR) is 87.9 cm³/mol. The SMILES string of the molecule is Clc1nc(Cl)nc(Cl)n1.NCCCNCCNCCCN. The summed E-state index contributed by atoms with van der Waals surface area (Å²) >= 11 is 16.0. The number of nitrogens with one attached hydrogen (secondary N) is 2. The summed E-state index contributed by atoms with van der Waals surface area (Å²) < 4.78 is 0. The molecule has 122 valence electrons. The van der Waals surface area contributed by atoms with Gasteiger partial charge in [0.1, 0.15) is 0 Å². The molecule has 0 radical (unpaired) electrons. The Morgan fingerprint density at radius 1 is 0.667 bits per heavy atom. The van der Waals surface area contributed by atoms with E-state index in [4.69, 9.17) is 46.3 Å². The molecule has 0 saturated carbocycles. The molecule has 10 heteroatoms. The highest BCUT2D eigenvalue weighted by atomic mass is 35.5. The Balaban J connectivity index is 0.000000394. The Kier molecular flexibility index (Phi) is 14.5. The summed E-state index contributed by atoms with van der Waals surface area (Å²) in [6, 6.07) is 0. The lowest BCUT2D eigenvalue weighted by molar-refractivity contribution is 0.590. The molecule has 0 unspecified atom stereocenters.